The van der Waals surface area contributed by atoms with E-state index in [2.05, 4.69) is 81.7 Å². The monoisotopic (exact) mass is 499 g/mol. The molecule has 4 nitrogen and oxygen atoms in total. The van der Waals surface area contributed by atoms with Crippen LogP contribution in [0.5, 0.6) is 0 Å². The summed E-state index contributed by atoms with van der Waals surface area (Å²) in [6, 6.07) is 14.6. The first kappa shape index (κ1) is 24.6. The molecule has 1 aliphatic heterocycles. The molecule has 1 amide bonds. The maximum absolute atomic E-state index is 12.1. The van der Waals surface area contributed by atoms with E-state index in [1.165, 1.54) is 16.5 Å². The third kappa shape index (κ3) is 5.50. The molecule has 0 spiro atoms. The Balaban J connectivity index is 1.30. The largest absolute Gasteiger partial charge is 0.326 e. The number of piperidine rings is 1. The Hall–Kier alpha value is -3.08. The molecule has 1 saturated heterocycles. The van der Waals surface area contributed by atoms with Gasteiger partial charge in [-0.1, -0.05) is 61.9 Å². The number of anilines is 1. The van der Waals surface area contributed by atoms with Crippen LogP contribution in [0.4, 0.5) is 5.69 Å². The van der Waals surface area contributed by atoms with Gasteiger partial charge in [-0.3, -0.25) is 9.69 Å². The molecular weight excluding hydrogens is 466 g/mol. The van der Waals surface area contributed by atoms with E-state index < -0.39 is 0 Å². The highest BCUT2D eigenvalue weighted by Gasteiger charge is 2.22. The average molecular weight is 500 g/mol. The Morgan fingerprint density at radius 1 is 1.11 bits per heavy atom. The van der Waals surface area contributed by atoms with Crippen LogP contribution in [0, 0.1) is 5.92 Å². The van der Waals surface area contributed by atoms with Crippen LogP contribution in [0.25, 0.3) is 16.6 Å². The van der Waals surface area contributed by atoms with Crippen LogP contribution in [0.1, 0.15) is 50.2 Å². The summed E-state index contributed by atoms with van der Waals surface area (Å²) in [6.45, 7) is 6.87. The first-order valence-electron chi connectivity index (χ1n) is 12.9. The van der Waals surface area contributed by atoms with E-state index in [1.807, 2.05) is 26.0 Å². The summed E-state index contributed by atoms with van der Waals surface area (Å²) in [4.78, 5) is 14.7. The summed E-state index contributed by atoms with van der Waals surface area (Å²) in [6.07, 6.45) is 16.3. The predicted octanol–water partition coefficient (Wildman–Crippen LogP) is 7.63. The molecule has 2 aromatic carbocycles. The number of hydrogen-bond acceptors (Lipinski definition) is 2. The fourth-order valence-corrected chi connectivity index (χ4v) is 5.33. The number of allylic oxidation sites excluding steroid dienone is 6. The van der Waals surface area contributed by atoms with Crippen LogP contribution >= 0.6 is 11.6 Å². The molecule has 5 heteroatoms. The predicted molar refractivity (Wildman–Crippen MR) is 151 cm³/mol. The molecule has 3 aromatic rings. The van der Waals surface area contributed by atoms with Crippen molar-refractivity contribution in [2.45, 2.75) is 45.6 Å². The van der Waals surface area contributed by atoms with Crippen molar-refractivity contribution in [3.05, 3.63) is 95.2 Å². The Bertz CT molecular complexity index is 1340. The van der Waals surface area contributed by atoms with Crippen LogP contribution in [0.15, 0.2) is 79.0 Å². The number of benzene rings is 2. The highest BCUT2D eigenvalue weighted by Crippen LogP contribution is 2.33. The number of halogens is 1. The summed E-state index contributed by atoms with van der Waals surface area (Å²) in [5.74, 6) is 0.559. The Morgan fingerprint density at radius 2 is 1.94 bits per heavy atom. The first-order valence-corrected chi connectivity index (χ1v) is 13.3. The lowest BCUT2D eigenvalue weighted by atomic mass is 9.89. The van der Waals surface area contributed by atoms with E-state index in [0.717, 1.165) is 60.8 Å². The maximum atomic E-state index is 12.1. The van der Waals surface area contributed by atoms with Crippen molar-refractivity contribution in [1.29, 1.82) is 0 Å². The van der Waals surface area contributed by atoms with E-state index in [4.69, 9.17) is 11.6 Å². The minimum Gasteiger partial charge on any atom is -0.326 e. The fourth-order valence-electron chi connectivity index (χ4n) is 5.16. The molecule has 0 radical (unpaired) electrons. The molecule has 0 bridgehead atoms. The molecule has 0 saturated carbocycles. The molecule has 1 aliphatic carbocycles. The number of likely N-dealkylation sites (tertiary alicyclic amines) is 1. The second kappa shape index (κ2) is 10.9. The summed E-state index contributed by atoms with van der Waals surface area (Å²) >= 11 is 6.39. The molecule has 0 atom stereocenters. The van der Waals surface area contributed by atoms with E-state index >= 15 is 0 Å². The quantitative estimate of drug-likeness (QED) is 0.378. The van der Waals surface area contributed by atoms with Gasteiger partial charge in [0.1, 0.15) is 0 Å². The minimum absolute atomic E-state index is 0.0230. The van der Waals surface area contributed by atoms with Crippen molar-refractivity contribution < 1.29 is 4.79 Å². The minimum atomic E-state index is -0.0230. The van der Waals surface area contributed by atoms with Crippen molar-refractivity contribution in [2.24, 2.45) is 5.92 Å². The number of carbonyl (C=O) groups is 1. The highest BCUT2D eigenvalue weighted by atomic mass is 35.5. The summed E-state index contributed by atoms with van der Waals surface area (Å²) in [5, 5.41) is 5.06. The van der Waals surface area contributed by atoms with Crippen molar-refractivity contribution >= 4 is 39.8 Å². The number of nitrogens with zero attached hydrogens (tertiary/aromatic N) is 2. The Morgan fingerprint density at radius 3 is 2.75 bits per heavy atom. The van der Waals surface area contributed by atoms with Gasteiger partial charge in [-0.05, 0) is 85.8 Å². The topological polar surface area (TPSA) is 37.3 Å². The smallest absolute Gasteiger partial charge is 0.226 e. The van der Waals surface area contributed by atoms with Crippen molar-refractivity contribution in [2.75, 3.05) is 18.4 Å². The van der Waals surface area contributed by atoms with Crippen LogP contribution < -0.4 is 5.32 Å². The van der Waals surface area contributed by atoms with Gasteiger partial charge >= 0.3 is 0 Å². The van der Waals surface area contributed by atoms with Gasteiger partial charge in [0.2, 0.25) is 5.91 Å². The molecule has 36 heavy (non-hydrogen) atoms. The van der Waals surface area contributed by atoms with Gasteiger partial charge < -0.3 is 9.88 Å². The number of hydrogen-bond donors (Lipinski definition) is 1. The lowest BCUT2D eigenvalue weighted by Gasteiger charge is -2.32. The third-order valence-corrected chi connectivity index (χ3v) is 7.46. The molecule has 186 valence electrons. The molecule has 5 rings (SSSR count). The number of rotatable bonds is 6. The van der Waals surface area contributed by atoms with Crippen LogP contribution in [-0.4, -0.2) is 28.5 Å². The van der Waals surface area contributed by atoms with Crippen molar-refractivity contribution in [3.8, 4) is 0 Å². The normalized spacial score (nSPS) is 16.9. The molecule has 1 fully saturated rings. The summed E-state index contributed by atoms with van der Waals surface area (Å²) in [7, 11) is 0. The van der Waals surface area contributed by atoms with E-state index in [-0.39, 0.29) is 11.8 Å². The number of amides is 1. The number of nitrogens with one attached hydrogen (secondary N) is 1. The number of carbonyl (C=O) groups excluding carboxylic acids is 1. The standard InChI is InChI=1S/C31H34ClN3O/c1-22(2)31(36)33-27-9-7-8-24(18-27)23-14-16-34(17-15-23)20-25-21-35(28-10-5-3-4-6-11-28)30-19-26(32)12-13-29(25)30/h3,5-13,18-19,21-23H,4,14-17,20H2,1-2H3,(H,33,36). The van der Waals surface area contributed by atoms with Gasteiger partial charge in [0.05, 0.1) is 5.52 Å². The van der Waals surface area contributed by atoms with Crippen LogP contribution in [0.3, 0.4) is 0 Å². The van der Waals surface area contributed by atoms with Crippen LogP contribution in [-0.2, 0) is 11.3 Å². The molecule has 2 aliphatic rings. The molecule has 2 heterocycles. The molecular formula is C31H34ClN3O. The van der Waals surface area contributed by atoms with Gasteiger partial charge in [0.15, 0.2) is 0 Å². The zero-order valence-corrected chi connectivity index (χ0v) is 21.8. The van der Waals surface area contributed by atoms with Gasteiger partial charge in [-0.25, -0.2) is 0 Å². The Labute approximate surface area is 218 Å². The zero-order chi connectivity index (χ0) is 25.1. The lowest BCUT2D eigenvalue weighted by molar-refractivity contribution is -0.118. The zero-order valence-electron chi connectivity index (χ0n) is 21.1. The van der Waals surface area contributed by atoms with E-state index in [0.29, 0.717) is 5.92 Å². The first-order chi connectivity index (χ1) is 17.5. The van der Waals surface area contributed by atoms with Gasteiger partial charge in [-0.15, -0.1) is 0 Å². The summed E-state index contributed by atoms with van der Waals surface area (Å²) in [5.41, 5.74) is 5.87. The molecule has 1 aromatic heterocycles. The lowest BCUT2D eigenvalue weighted by Crippen LogP contribution is -2.32. The number of aromatic nitrogens is 1. The Kier molecular flexibility index (Phi) is 7.45. The second-order valence-corrected chi connectivity index (χ2v) is 10.6. The maximum Gasteiger partial charge on any atom is 0.226 e. The molecule has 0 unspecified atom stereocenters. The third-order valence-electron chi connectivity index (χ3n) is 7.22. The van der Waals surface area contributed by atoms with E-state index in [1.54, 1.807) is 0 Å². The van der Waals surface area contributed by atoms with E-state index in [9.17, 15) is 4.79 Å². The highest BCUT2D eigenvalue weighted by molar-refractivity contribution is 6.31. The van der Waals surface area contributed by atoms with Gasteiger partial charge in [-0.2, -0.15) is 0 Å². The molecule has 1 N–H and O–H groups in total. The van der Waals surface area contributed by atoms with Crippen LogP contribution in [0.2, 0.25) is 5.02 Å². The van der Waals surface area contributed by atoms with Crippen molar-refractivity contribution in [1.82, 2.24) is 9.47 Å². The SMILES string of the molecule is CC(C)C(=O)Nc1cccc(C2CCN(Cc3cn(C4=CC=CCC=C4)c4cc(Cl)ccc34)CC2)c1. The number of fused-ring (bicyclic) bond motifs is 1. The fraction of sp³-hybridized carbons (Fsp3) is 0.323. The van der Waals surface area contributed by atoms with Crippen molar-refractivity contribution in [3.63, 3.8) is 0 Å². The summed E-state index contributed by atoms with van der Waals surface area (Å²) < 4.78 is 2.27. The second-order valence-electron chi connectivity index (χ2n) is 10.2. The average Bonchev–Trinajstić information content (AvgIpc) is 3.04. The van der Waals surface area contributed by atoms with Gasteiger partial charge in [0.25, 0.3) is 0 Å². The van der Waals surface area contributed by atoms with Gasteiger partial charge in [0, 0.05) is 40.5 Å².